The predicted octanol–water partition coefficient (Wildman–Crippen LogP) is 2.29. The van der Waals surface area contributed by atoms with Crippen LogP contribution in [0.25, 0.3) is 10.9 Å². The molecule has 0 saturated carbocycles. The number of aromatic amines is 1. The van der Waals surface area contributed by atoms with E-state index in [-0.39, 0.29) is 5.78 Å². The molecule has 2 aromatic rings. The molecule has 0 spiro atoms. The molecule has 1 fully saturated rings. The molecule has 21 heavy (non-hydrogen) atoms. The number of aldehydes is 1. The Morgan fingerprint density at radius 3 is 3.05 bits per heavy atom. The molecule has 0 radical (unpaired) electrons. The number of rotatable bonds is 5. The number of hydrogen-bond acceptors (Lipinski definition) is 3. The van der Waals surface area contributed by atoms with Gasteiger partial charge >= 0.3 is 0 Å². The number of carbonyl (C=O) groups is 2. The van der Waals surface area contributed by atoms with E-state index in [1.807, 2.05) is 6.07 Å². The summed E-state index contributed by atoms with van der Waals surface area (Å²) in [6, 6.07) is 6.26. The van der Waals surface area contributed by atoms with Gasteiger partial charge in [-0.1, -0.05) is 6.07 Å². The largest absolute Gasteiger partial charge is 0.361 e. The highest BCUT2D eigenvalue weighted by Crippen LogP contribution is 2.32. The third kappa shape index (κ3) is 2.90. The van der Waals surface area contributed by atoms with Crippen molar-refractivity contribution in [2.45, 2.75) is 25.2 Å². The number of likely N-dealkylation sites (N-methyl/N-ethyl adjacent to an activating group) is 1. The minimum absolute atomic E-state index is 0.293. The summed E-state index contributed by atoms with van der Waals surface area (Å²) in [5.74, 6) is 0.248. The fourth-order valence-electron chi connectivity index (χ4n) is 3.20. The molecule has 1 aromatic carbocycles. The summed E-state index contributed by atoms with van der Waals surface area (Å²) in [5, 5.41) is 1.26. The van der Waals surface area contributed by atoms with Crippen LogP contribution in [-0.4, -0.2) is 42.1 Å². The summed E-state index contributed by atoms with van der Waals surface area (Å²) in [6.07, 6.45) is 4.64. The number of H-pyrrole nitrogens is 1. The molecular weight excluding hydrogens is 264 g/mol. The molecule has 1 aliphatic heterocycles. The minimum atomic E-state index is -0.332. The fraction of sp³-hybridized carbons (Fsp3) is 0.412. The van der Waals surface area contributed by atoms with Crippen molar-refractivity contribution in [1.82, 2.24) is 9.88 Å². The Morgan fingerprint density at radius 1 is 1.48 bits per heavy atom. The van der Waals surface area contributed by atoms with Crippen molar-refractivity contribution in [2.24, 2.45) is 0 Å². The van der Waals surface area contributed by atoms with Crippen LogP contribution in [0.4, 0.5) is 0 Å². The van der Waals surface area contributed by atoms with Crippen molar-refractivity contribution in [2.75, 3.05) is 20.1 Å². The molecule has 0 bridgehead atoms. The second-order valence-electron chi connectivity index (χ2n) is 5.96. The van der Waals surface area contributed by atoms with Crippen LogP contribution >= 0.6 is 0 Å². The molecule has 1 N–H and O–H groups in total. The molecule has 1 saturated heterocycles. The van der Waals surface area contributed by atoms with Gasteiger partial charge < -0.3 is 9.88 Å². The Morgan fingerprint density at radius 2 is 2.33 bits per heavy atom. The van der Waals surface area contributed by atoms with Gasteiger partial charge in [0.2, 0.25) is 0 Å². The Labute approximate surface area is 124 Å². The average Bonchev–Trinajstić information content (AvgIpc) is 3.10. The van der Waals surface area contributed by atoms with Gasteiger partial charge in [0.1, 0.15) is 0 Å². The monoisotopic (exact) mass is 284 g/mol. The number of ketones is 1. The highest BCUT2D eigenvalue weighted by atomic mass is 16.2. The van der Waals surface area contributed by atoms with Gasteiger partial charge in [-0.25, -0.2) is 0 Å². The molecule has 0 aliphatic carbocycles. The molecule has 4 heteroatoms. The Bertz CT molecular complexity index is 674. The van der Waals surface area contributed by atoms with Crippen LogP contribution in [0.5, 0.6) is 0 Å². The molecule has 4 nitrogen and oxygen atoms in total. The highest BCUT2D eigenvalue weighted by Gasteiger charge is 2.23. The Kier molecular flexibility index (Phi) is 3.88. The van der Waals surface area contributed by atoms with E-state index in [4.69, 9.17) is 0 Å². The topological polar surface area (TPSA) is 53.2 Å². The van der Waals surface area contributed by atoms with Crippen molar-refractivity contribution in [3.8, 4) is 0 Å². The van der Waals surface area contributed by atoms with Crippen molar-refractivity contribution in [3.63, 3.8) is 0 Å². The fourth-order valence-corrected chi connectivity index (χ4v) is 3.20. The van der Waals surface area contributed by atoms with E-state index in [1.165, 1.54) is 17.4 Å². The summed E-state index contributed by atoms with van der Waals surface area (Å²) in [5.41, 5.74) is 3.63. The third-order valence-corrected chi connectivity index (χ3v) is 4.40. The molecule has 110 valence electrons. The summed E-state index contributed by atoms with van der Waals surface area (Å²) in [6.45, 7) is 2.24. The van der Waals surface area contributed by atoms with Crippen LogP contribution in [0.2, 0.25) is 0 Å². The first-order chi connectivity index (χ1) is 10.2. The zero-order valence-corrected chi connectivity index (χ0v) is 12.3. The lowest BCUT2D eigenvalue weighted by Crippen LogP contribution is -2.13. The van der Waals surface area contributed by atoms with E-state index in [9.17, 15) is 9.59 Å². The summed E-state index contributed by atoms with van der Waals surface area (Å²) < 4.78 is 0. The van der Waals surface area contributed by atoms with Gasteiger partial charge in [-0.2, -0.15) is 0 Å². The van der Waals surface area contributed by atoms with E-state index in [0.29, 0.717) is 25.0 Å². The first-order valence-corrected chi connectivity index (χ1v) is 7.44. The first-order valence-electron chi connectivity index (χ1n) is 7.44. The average molecular weight is 284 g/mol. The maximum absolute atomic E-state index is 11.1. The molecule has 3 rings (SSSR count). The second kappa shape index (κ2) is 5.82. The van der Waals surface area contributed by atoms with Crippen LogP contribution in [0.3, 0.4) is 0 Å². The van der Waals surface area contributed by atoms with Gasteiger partial charge in [0.25, 0.3) is 0 Å². The van der Waals surface area contributed by atoms with E-state index in [2.05, 4.69) is 35.3 Å². The first kappa shape index (κ1) is 14.0. The van der Waals surface area contributed by atoms with Crippen molar-refractivity contribution >= 4 is 23.0 Å². The normalized spacial score (nSPS) is 19.2. The van der Waals surface area contributed by atoms with Gasteiger partial charge in [0.05, 0.1) is 0 Å². The maximum atomic E-state index is 11.1. The van der Waals surface area contributed by atoms with Crippen LogP contribution in [0.1, 0.15) is 29.9 Å². The number of carbonyl (C=O) groups excluding carboxylic acids is 2. The Balaban J connectivity index is 1.85. The summed E-state index contributed by atoms with van der Waals surface area (Å²) in [4.78, 5) is 27.2. The lowest BCUT2D eigenvalue weighted by atomic mass is 9.96. The van der Waals surface area contributed by atoms with Crippen LogP contribution in [0, 0.1) is 0 Å². The predicted molar refractivity (Wildman–Crippen MR) is 82.5 cm³/mol. The zero-order chi connectivity index (χ0) is 14.8. The van der Waals surface area contributed by atoms with Crippen LogP contribution in [0.15, 0.2) is 24.4 Å². The number of fused-ring (bicyclic) bond motifs is 1. The lowest BCUT2D eigenvalue weighted by Gasteiger charge is -2.10. The van der Waals surface area contributed by atoms with Gasteiger partial charge in [-0.15, -0.1) is 0 Å². The summed E-state index contributed by atoms with van der Waals surface area (Å²) >= 11 is 0. The molecule has 1 unspecified atom stereocenters. The number of nitrogens with zero attached hydrogens (tertiary/aromatic N) is 1. The molecular formula is C17H20N2O2. The molecule has 0 amide bonds. The number of hydrogen-bond donors (Lipinski definition) is 1. The van der Waals surface area contributed by atoms with Gasteiger partial charge in [0, 0.05) is 30.1 Å². The number of aromatic nitrogens is 1. The van der Waals surface area contributed by atoms with E-state index < -0.39 is 0 Å². The minimum Gasteiger partial charge on any atom is -0.361 e. The van der Waals surface area contributed by atoms with Gasteiger partial charge in [0.15, 0.2) is 12.1 Å². The van der Waals surface area contributed by atoms with E-state index in [0.717, 1.165) is 24.2 Å². The third-order valence-electron chi connectivity index (χ3n) is 4.40. The standard InChI is InChI=1S/C17H20N2O2/c1-19-7-6-13(10-19)16-9-18-17-5-3-12(8-15(16)17)2-4-14(21)11-20/h3,5,8-9,11,13,18H,2,4,6-7,10H2,1H3. The van der Waals surface area contributed by atoms with Gasteiger partial charge in [-0.05, 0) is 55.6 Å². The van der Waals surface area contributed by atoms with E-state index in [1.54, 1.807) is 0 Å². The van der Waals surface area contributed by atoms with Crippen LogP contribution < -0.4 is 0 Å². The quantitative estimate of drug-likeness (QED) is 0.677. The van der Waals surface area contributed by atoms with Crippen molar-refractivity contribution in [3.05, 3.63) is 35.5 Å². The highest BCUT2D eigenvalue weighted by molar-refractivity contribution is 6.24. The summed E-state index contributed by atoms with van der Waals surface area (Å²) in [7, 11) is 2.16. The number of benzene rings is 1. The molecule has 2 heterocycles. The lowest BCUT2D eigenvalue weighted by molar-refractivity contribution is -0.129. The SMILES string of the molecule is CN1CCC(c2c[nH]c3ccc(CCC(=O)C=O)cc23)C1. The van der Waals surface area contributed by atoms with E-state index >= 15 is 0 Å². The van der Waals surface area contributed by atoms with Crippen molar-refractivity contribution < 1.29 is 9.59 Å². The number of Topliss-reactive ketones (excluding diaryl/α,β-unsaturated/α-hetero) is 1. The number of nitrogens with one attached hydrogen (secondary N) is 1. The van der Waals surface area contributed by atoms with Crippen LogP contribution in [-0.2, 0) is 16.0 Å². The molecule has 1 aliphatic rings. The Hall–Kier alpha value is -1.94. The second-order valence-corrected chi connectivity index (χ2v) is 5.96. The number of aryl methyl sites for hydroxylation is 1. The van der Waals surface area contributed by atoms with Gasteiger partial charge in [-0.3, -0.25) is 9.59 Å². The maximum Gasteiger partial charge on any atom is 0.195 e. The molecule has 1 atom stereocenters. The smallest absolute Gasteiger partial charge is 0.195 e. The zero-order valence-electron chi connectivity index (χ0n) is 12.3. The molecule has 1 aromatic heterocycles. The van der Waals surface area contributed by atoms with Crippen molar-refractivity contribution in [1.29, 1.82) is 0 Å². The number of likely N-dealkylation sites (tertiary alicyclic amines) is 1.